The molecule has 0 unspecified atom stereocenters. The molecule has 9 heteroatoms. The van der Waals surface area contributed by atoms with Gasteiger partial charge in [-0.05, 0) is 24.3 Å². The molecule has 0 atom stereocenters. The maximum atomic E-state index is 13.5. The summed E-state index contributed by atoms with van der Waals surface area (Å²) in [5.41, 5.74) is 1.42. The summed E-state index contributed by atoms with van der Waals surface area (Å²) in [7, 11) is 0. The second-order valence-corrected chi connectivity index (χ2v) is 4.26. The molecule has 0 aliphatic heterocycles. The summed E-state index contributed by atoms with van der Waals surface area (Å²) in [6.07, 6.45) is 0. The molecule has 0 bridgehead atoms. The van der Waals surface area contributed by atoms with E-state index in [4.69, 9.17) is 17.4 Å². The number of pyridine rings is 1. The summed E-state index contributed by atoms with van der Waals surface area (Å²) in [6.45, 7) is 0. The molecule has 0 radical (unpaired) electrons. The first-order chi connectivity index (χ1) is 9.93. The third kappa shape index (κ3) is 3.06. The Morgan fingerprint density at radius 1 is 1.14 bits per heavy atom. The van der Waals surface area contributed by atoms with Gasteiger partial charge < -0.3 is 10.7 Å². The number of nitrogens with zero attached hydrogens (tertiary/aromatic N) is 1. The van der Waals surface area contributed by atoms with Crippen molar-refractivity contribution in [2.75, 3.05) is 10.7 Å². The number of nitrogen functional groups attached to an aromatic ring is 1. The van der Waals surface area contributed by atoms with E-state index in [2.05, 4.69) is 15.7 Å². The van der Waals surface area contributed by atoms with Crippen LogP contribution in [0.25, 0.3) is 0 Å². The number of hydrogen-bond donors (Lipinski definition) is 3. The van der Waals surface area contributed by atoms with E-state index in [-0.39, 0.29) is 16.5 Å². The lowest BCUT2D eigenvalue weighted by Crippen LogP contribution is -2.18. The Kier molecular flexibility index (Phi) is 4.29. The van der Waals surface area contributed by atoms with Gasteiger partial charge in [-0.3, -0.25) is 4.79 Å². The Bertz CT molecular complexity index is 711. The van der Waals surface area contributed by atoms with Gasteiger partial charge in [-0.1, -0.05) is 11.6 Å². The van der Waals surface area contributed by atoms with Crippen molar-refractivity contribution in [2.45, 2.75) is 0 Å². The van der Waals surface area contributed by atoms with Gasteiger partial charge >= 0.3 is 0 Å². The maximum Gasteiger partial charge on any atom is 0.275 e. The zero-order valence-electron chi connectivity index (χ0n) is 10.3. The molecule has 0 saturated heterocycles. The Morgan fingerprint density at radius 2 is 1.86 bits per heavy atom. The first kappa shape index (κ1) is 15.1. The van der Waals surface area contributed by atoms with Crippen LogP contribution in [0.2, 0.25) is 5.02 Å². The fourth-order valence-corrected chi connectivity index (χ4v) is 1.68. The summed E-state index contributed by atoms with van der Waals surface area (Å²) in [6, 6.07) is 4.32. The van der Waals surface area contributed by atoms with Crippen molar-refractivity contribution in [3.05, 3.63) is 52.4 Å². The molecular weight excluding hydrogens is 309 g/mol. The summed E-state index contributed by atoms with van der Waals surface area (Å²) in [4.78, 5) is 15.7. The van der Waals surface area contributed by atoms with Crippen LogP contribution < -0.4 is 16.6 Å². The van der Waals surface area contributed by atoms with Gasteiger partial charge in [0.05, 0.1) is 10.7 Å². The molecule has 1 aromatic carbocycles. The van der Waals surface area contributed by atoms with E-state index in [0.717, 1.165) is 6.07 Å². The number of aromatic nitrogens is 1. The van der Waals surface area contributed by atoms with Crippen LogP contribution in [0.5, 0.6) is 0 Å². The topological polar surface area (TPSA) is 80.0 Å². The van der Waals surface area contributed by atoms with Crippen molar-refractivity contribution in [2.24, 2.45) is 5.84 Å². The number of nitrogens with one attached hydrogen (secondary N) is 2. The minimum absolute atomic E-state index is 0.0190. The monoisotopic (exact) mass is 316 g/mol. The van der Waals surface area contributed by atoms with Crippen LogP contribution in [0.15, 0.2) is 24.3 Å². The first-order valence-corrected chi connectivity index (χ1v) is 5.90. The minimum Gasteiger partial charge on any atom is -0.318 e. The molecule has 21 heavy (non-hydrogen) atoms. The average molecular weight is 317 g/mol. The third-order valence-electron chi connectivity index (χ3n) is 2.49. The van der Waals surface area contributed by atoms with Gasteiger partial charge in [0.1, 0.15) is 11.5 Å². The van der Waals surface area contributed by atoms with Gasteiger partial charge in [-0.2, -0.15) is 0 Å². The van der Waals surface area contributed by atoms with Crippen LogP contribution in [0.3, 0.4) is 0 Å². The average Bonchev–Trinajstić information content (AvgIpc) is 2.48. The SMILES string of the molecule is NNc1ccc(Cl)c(C(=O)Nc2ccc(F)c(F)c2F)n1. The summed E-state index contributed by atoms with van der Waals surface area (Å²) < 4.78 is 39.3. The normalized spacial score (nSPS) is 10.3. The number of amides is 1. The summed E-state index contributed by atoms with van der Waals surface area (Å²) in [5, 5.41) is 2.03. The van der Waals surface area contributed by atoms with Crippen LogP contribution >= 0.6 is 11.6 Å². The maximum absolute atomic E-state index is 13.5. The lowest BCUT2D eigenvalue weighted by atomic mass is 10.2. The number of carbonyl (C=O) groups excluding carboxylic acids is 1. The minimum atomic E-state index is -1.69. The molecule has 5 nitrogen and oxygen atoms in total. The van der Waals surface area contributed by atoms with Gasteiger partial charge in [0, 0.05) is 0 Å². The highest BCUT2D eigenvalue weighted by Crippen LogP contribution is 2.22. The third-order valence-corrected chi connectivity index (χ3v) is 2.80. The second-order valence-electron chi connectivity index (χ2n) is 3.85. The molecule has 4 N–H and O–H groups in total. The molecule has 0 aliphatic carbocycles. The first-order valence-electron chi connectivity index (χ1n) is 5.52. The number of anilines is 2. The van der Waals surface area contributed by atoms with Crippen molar-refractivity contribution in [3.8, 4) is 0 Å². The van der Waals surface area contributed by atoms with Gasteiger partial charge in [0.25, 0.3) is 5.91 Å². The highest BCUT2D eigenvalue weighted by atomic mass is 35.5. The van der Waals surface area contributed by atoms with Crippen molar-refractivity contribution in [3.63, 3.8) is 0 Å². The van der Waals surface area contributed by atoms with E-state index < -0.39 is 29.0 Å². The Balaban J connectivity index is 2.32. The second kappa shape index (κ2) is 5.98. The smallest absolute Gasteiger partial charge is 0.275 e. The molecule has 0 saturated carbocycles. The zero-order valence-corrected chi connectivity index (χ0v) is 11.0. The van der Waals surface area contributed by atoms with E-state index in [9.17, 15) is 18.0 Å². The Hall–Kier alpha value is -2.32. The number of hydrogen-bond acceptors (Lipinski definition) is 4. The fraction of sp³-hybridized carbons (Fsp3) is 0. The highest BCUT2D eigenvalue weighted by molar-refractivity contribution is 6.34. The number of benzene rings is 1. The molecule has 0 aliphatic rings. The van der Waals surface area contributed by atoms with E-state index in [0.29, 0.717) is 6.07 Å². The molecule has 110 valence electrons. The van der Waals surface area contributed by atoms with Crippen molar-refractivity contribution in [1.29, 1.82) is 0 Å². The standard InChI is InChI=1S/C12H8ClF3N4O/c13-5-1-4-8(20-17)19-11(5)12(21)18-7-3-2-6(14)9(15)10(7)16/h1-4H,17H2,(H,18,21)(H,19,20). The summed E-state index contributed by atoms with van der Waals surface area (Å²) in [5.74, 6) is -0.185. The van der Waals surface area contributed by atoms with E-state index in [1.165, 1.54) is 12.1 Å². The van der Waals surface area contributed by atoms with Crippen LogP contribution in [-0.4, -0.2) is 10.9 Å². The van der Waals surface area contributed by atoms with Gasteiger partial charge in [0.2, 0.25) is 0 Å². The molecule has 1 heterocycles. The predicted molar refractivity (Wildman–Crippen MR) is 71.3 cm³/mol. The lowest BCUT2D eigenvalue weighted by molar-refractivity contribution is 0.102. The lowest BCUT2D eigenvalue weighted by Gasteiger charge is -2.09. The molecule has 1 aromatic heterocycles. The number of hydrazine groups is 1. The van der Waals surface area contributed by atoms with Gasteiger partial charge in [-0.15, -0.1) is 0 Å². The number of halogens is 4. The van der Waals surface area contributed by atoms with Crippen molar-refractivity contribution < 1.29 is 18.0 Å². The fourth-order valence-electron chi connectivity index (χ4n) is 1.49. The van der Waals surface area contributed by atoms with Crippen LogP contribution in [0.1, 0.15) is 10.5 Å². The van der Waals surface area contributed by atoms with Gasteiger partial charge in [0.15, 0.2) is 17.5 Å². The van der Waals surface area contributed by atoms with E-state index >= 15 is 0 Å². The summed E-state index contributed by atoms with van der Waals surface area (Å²) >= 11 is 5.79. The molecule has 2 rings (SSSR count). The quantitative estimate of drug-likeness (QED) is 0.462. The molecule has 0 fully saturated rings. The number of carbonyl (C=O) groups is 1. The van der Waals surface area contributed by atoms with Crippen LogP contribution in [0, 0.1) is 17.5 Å². The molecule has 2 aromatic rings. The largest absolute Gasteiger partial charge is 0.318 e. The Morgan fingerprint density at radius 3 is 2.52 bits per heavy atom. The molecule has 0 spiro atoms. The van der Waals surface area contributed by atoms with Crippen LogP contribution in [-0.2, 0) is 0 Å². The zero-order chi connectivity index (χ0) is 15.6. The predicted octanol–water partition coefficient (Wildman–Crippen LogP) is 2.69. The van der Waals surface area contributed by atoms with E-state index in [1.807, 2.05) is 0 Å². The molecule has 1 amide bonds. The van der Waals surface area contributed by atoms with Crippen LogP contribution in [0.4, 0.5) is 24.7 Å². The number of nitrogens with two attached hydrogens (primary N) is 1. The van der Waals surface area contributed by atoms with Crippen molar-refractivity contribution >= 4 is 29.0 Å². The van der Waals surface area contributed by atoms with Crippen molar-refractivity contribution in [1.82, 2.24) is 4.98 Å². The Labute approximate surface area is 121 Å². The molecular formula is C12H8ClF3N4O. The van der Waals surface area contributed by atoms with Gasteiger partial charge in [-0.25, -0.2) is 24.0 Å². The highest BCUT2D eigenvalue weighted by Gasteiger charge is 2.18. The number of rotatable bonds is 3. The van der Waals surface area contributed by atoms with E-state index in [1.54, 1.807) is 0 Å².